The lowest BCUT2D eigenvalue weighted by molar-refractivity contribution is -0.121. The van der Waals surface area contributed by atoms with E-state index in [9.17, 15) is 4.79 Å². The van der Waals surface area contributed by atoms with E-state index in [-0.39, 0.29) is 5.91 Å². The Morgan fingerprint density at radius 1 is 1.25 bits per heavy atom. The van der Waals surface area contributed by atoms with Gasteiger partial charge in [0, 0.05) is 39.1 Å². The van der Waals surface area contributed by atoms with Crippen LogP contribution in [0.1, 0.15) is 39.0 Å². The third-order valence-corrected chi connectivity index (χ3v) is 5.26. The van der Waals surface area contributed by atoms with Crippen LogP contribution in [-0.4, -0.2) is 75.0 Å². The number of rotatable bonds is 7. The van der Waals surface area contributed by atoms with Crippen molar-refractivity contribution >= 4 is 11.9 Å². The molecule has 6 heteroatoms. The van der Waals surface area contributed by atoms with Crippen molar-refractivity contribution in [1.29, 1.82) is 0 Å². The Labute approximate surface area is 147 Å². The zero-order valence-corrected chi connectivity index (χ0v) is 15.8. The van der Waals surface area contributed by atoms with Crippen molar-refractivity contribution in [3.05, 3.63) is 0 Å². The van der Waals surface area contributed by atoms with Gasteiger partial charge >= 0.3 is 0 Å². The normalized spacial score (nSPS) is 21.0. The van der Waals surface area contributed by atoms with Crippen LogP contribution in [0.2, 0.25) is 0 Å². The number of amides is 1. The summed E-state index contributed by atoms with van der Waals surface area (Å²) < 4.78 is 0. The summed E-state index contributed by atoms with van der Waals surface area (Å²) in [5.74, 6) is 2.53. The van der Waals surface area contributed by atoms with Crippen molar-refractivity contribution in [3.63, 3.8) is 0 Å². The smallest absolute Gasteiger partial charge is 0.220 e. The number of likely N-dealkylation sites (tertiary alicyclic amines) is 1. The Hall–Kier alpha value is -1.30. The molecule has 0 aromatic rings. The predicted molar refractivity (Wildman–Crippen MR) is 99.2 cm³/mol. The van der Waals surface area contributed by atoms with Crippen LogP contribution in [0.3, 0.4) is 0 Å². The maximum atomic E-state index is 11.5. The lowest BCUT2D eigenvalue weighted by atomic mass is 9.93. The van der Waals surface area contributed by atoms with Crippen molar-refractivity contribution in [3.8, 4) is 0 Å². The SMILES string of the molecule is CCNC(=NCC(C1CC1)N(C)C)N1CCC(CC(=O)NC)CC1. The molecule has 24 heavy (non-hydrogen) atoms. The summed E-state index contributed by atoms with van der Waals surface area (Å²) in [5.41, 5.74) is 0. The zero-order valence-electron chi connectivity index (χ0n) is 15.8. The zero-order chi connectivity index (χ0) is 17.5. The van der Waals surface area contributed by atoms with Gasteiger partial charge in [0.15, 0.2) is 5.96 Å². The molecular formula is C18H35N5O. The van der Waals surface area contributed by atoms with Gasteiger partial charge in [0.2, 0.25) is 5.91 Å². The van der Waals surface area contributed by atoms with E-state index in [0.29, 0.717) is 18.4 Å². The molecule has 2 fully saturated rings. The van der Waals surface area contributed by atoms with Crippen molar-refractivity contribution in [1.82, 2.24) is 20.4 Å². The fraction of sp³-hybridized carbons (Fsp3) is 0.889. The van der Waals surface area contributed by atoms with Crippen LogP contribution in [0.15, 0.2) is 4.99 Å². The number of likely N-dealkylation sites (N-methyl/N-ethyl adjacent to an activating group) is 1. The van der Waals surface area contributed by atoms with Crippen LogP contribution >= 0.6 is 0 Å². The number of nitrogens with one attached hydrogen (secondary N) is 2. The number of aliphatic imine (C=N–C) groups is 1. The Kier molecular flexibility index (Phi) is 7.34. The highest BCUT2D eigenvalue weighted by molar-refractivity contribution is 5.80. The third kappa shape index (κ3) is 5.65. The first-order chi connectivity index (χ1) is 11.5. The lowest BCUT2D eigenvalue weighted by Crippen LogP contribution is -2.46. The van der Waals surface area contributed by atoms with Gasteiger partial charge in [-0.2, -0.15) is 0 Å². The molecule has 1 aliphatic heterocycles. The van der Waals surface area contributed by atoms with Crippen molar-refractivity contribution in [2.24, 2.45) is 16.8 Å². The molecule has 1 atom stereocenters. The molecule has 1 unspecified atom stereocenters. The molecule has 1 amide bonds. The van der Waals surface area contributed by atoms with Gasteiger partial charge in [-0.05, 0) is 58.5 Å². The van der Waals surface area contributed by atoms with E-state index >= 15 is 0 Å². The first kappa shape index (κ1) is 19.0. The van der Waals surface area contributed by atoms with Crippen LogP contribution in [-0.2, 0) is 4.79 Å². The first-order valence-corrected chi connectivity index (χ1v) is 9.45. The number of piperidine rings is 1. The van der Waals surface area contributed by atoms with Gasteiger partial charge in [-0.25, -0.2) is 0 Å². The average Bonchev–Trinajstić information content (AvgIpc) is 3.39. The maximum Gasteiger partial charge on any atom is 0.220 e. The molecule has 0 aromatic carbocycles. The van der Waals surface area contributed by atoms with E-state index in [1.807, 2.05) is 0 Å². The lowest BCUT2D eigenvalue weighted by Gasteiger charge is -2.34. The minimum Gasteiger partial charge on any atom is -0.359 e. The third-order valence-electron chi connectivity index (χ3n) is 5.26. The summed E-state index contributed by atoms with van der Waals surface area (Å²) in [7, 11) is 6.04. The van der Waals surface area contributed by atoms with Gasteiger partial charge in [-0.3, -0.25) is 9.79 Å². The van der Waals surface area contributed by atoms with Crippen LogP contribution in [0, 0.1) is 11.8 Å². The minimum absolute atomic E-state index is 0.160. The highest BCUT2D eigenvalue weighted by Gasteiger charge is 2.32. The highest BCUT2D eigenvalue weighted by Crippen LogP contribution is 2.34. The number of nitrogens with zero attached hydrogens (tertiary/aromatic N) is 3. The molecule has 2 aliphatic rings. The highest BCUT2D eigenvalue weighted by atomic mass is 16.1. The van der Waals surface area contributed by atoms with Crippen molar-refractivity contribution in [2.45, 2.75) is 45.1 Å². The minimum atomic E-state index is 0.160. The van der Waals surface area contributed by atoms with Gasteiger partial charge in [0.05, 0.1) is 6.54 Å². The number of guanidine groups is 1. The van der Waals surface area contributed by atoms with Crippen molar-refractivity contribution in [2.75, 3.05) is 47.3 Å². The molecule has 0 radical (unpaired) electrons. The Morgan fingerprint density at radius 3 is 2.42 bits per heavy atom. The predicted octanol–water partition coefficient (Wildman–Crippen LogP) is 1.14. The standard InChI is InChI=1S/C18H35N5O/c1-5-20-18(21-13-16(22(3)4)15-6-7-15)23-10-8-14(9-11-23)12-17(24)19-2/h14-16H,5-13H2,1-4H3,(H,19,24)(H,20,21). The van der Waals surface area contributed by atoms with E-state index in [1.165, 1.54) is 12.8 Å². The molecular weight excluding hydrogens is 302 g/mol. The van der Waals surface area contributed by atoms with Crippen LogP contribution < -0.4 is 10.6 Å². The quantitative estimate of drug-likeness (QED) is 0.540. The van der Waals surface area contributed by atoms with Gasteiger partial charge in [0.1, 0.15) is 0 Å². The van der Waals surface area contributed by atoms with Gasteiger partial charge in [0.25, 0.3) is 0 Å². The summed E-state index contributed by atoms with van der Waals surface area (Å²) in [5, 5.41) is 6.18. The molecule has 1 aliphatic carbocycles. The summed E-state index contributed by atoms with van der Waals surface area (Å²) in [6, 6.07) is 0.560. The molecule has 1 heterocycles. The second kappa shape index (κ2) is 9.25. The molecule has 0 bridgehead atoms. The summed E-state index contributed by atoms with van der Waals surface area (Å²) in [4.78, 5) is 21.2. The molecule has 0 spiro atoms. The summed E-state index contributed by atoms with van der Waals surface area (Å²) in [6.45, 7) is 5.87. The molecule has 2 rings (SSSR count). The number of hydrogen-bond donors (Lipinski definition) is 2. The topological polar surface area (TPSA) is 60.0 Å². The Bertz CT molecular complexity index is 423. The van der Waals surface area contributed by atoms with Crippen LogP contribution in [0.5, 0.6) is 0 Å². The average molecular weight is 338 g/mol. The number of hydrogen-bond acceptors (Lipinski definition) is 3. The van der Waals surface area contributed by atoms with E-state index in [1.54, 1.807) is 7.05 Å². The van der Waals surface area contributed by atoms with Crippen LogP contribution in [0.25, 0.3) is 0 Å². The second-order valence-electron chi connectivity index (χ2n) is 7.37. The number of carbonyl (C=O) groups excluding carboxylic acids is 1. The molecule has 138 valence electrons. The van der Waals surface area contributed by atoms with Crippen molar-refractivity contribution < 1.29 is 4.79 Å². The Balaban J connectivity index is 1.88. The first-order valence-electron chi connectivity index (χ1n) is 9.45. The van der Waals surface area contributed by atoms with E-state index in [0.717, 1.165) is 50.9 Å². The van der Waals surface area contributed by atoms with Crippen LogP contribution in [0.4, 0.5) is 0 Å². The number of carbonyl (C=O) groups is 1. The molecule has 1 saturated heterocycles. The van der Waals surface area contributed by atoms with E-state index in [4.69, 9.17) is 4.99 Å². The molecule has 0 aromatic heterocycles. The Morgan fingerprint density at radius 2 is 1.92 bits per heavy atom. The molecule has 6 nitrogen and oxygen atoms in total. The van der Waals surface area contributed by atoms with E-state index < -0.39 is 0 Å². The van der Waals surface area contributed by atoms with Gasteiger partial charge in [-0.15, -0.1) is 0 Å². The summed E-state index contributed by atoms with van der Waals surface area (Å²) >= 11 is 0. The molecule has 1 saturated carbocycles. The fourth-order valence-electron chi connectivity index (χ4n) is 3.53. The fourth-order valence-corrected chi connectivity index (χ4v) is 3.53. The van der Waals surface area contributed by atoms with E-state index in [2.05, 4.69) is 41.5 Å². The second-order valence-corrected chi connectivity index (χ2v) is 7.37. The maximum absolute atomic E-state index is 11.5. The monoisotopic (exact) mass is 337 g/mol. The van der Waals surface area contributed by atoms with Gasteiger partial charge in [-0.1, -0.05) is 0 Å². The molecule has 2 N–H and O–H groups in total. The largest absolute Gasteiger partial charge is 0.359 e. The summed E-state index contributed by atoms with van der Waals surface area (Å²) in [6.07, 6.45) is 5.48. The van der Waals surface area contributed by atoms with Gasteiger partial charge < -0.3 is 20.4 Å².